The van der Waals surface area contributed by atoms with E-state index in [1.165, 1.54) is 27.3 Å². The predicted molar refractivity (Wildman–Crippen MR) is 163 cm³/mol. The zero-order valence-electron chi connectivity index (χ0n) is 24.5. The minimum absolute atomic E-state index is 0.0219. The van der Waals surface area contributed by atoms with Gasteiger partial charge in [-0.05, 0) is 64.4 Å². The first-order valence-electron chi connectivity index (χ1n) is 13.6. The van der Waals surface area contributed by atoms with Crippen molar-refractivity contribution in [2.24, 2.45) is 0 Å². The zero-order chi connectivity index (χ0) is 31.1. The van der Waals surface area contributed by atoms with Crippen molar-refractivity contribution in [3.63, 3.8) is 0 Å². The van der Waals surface area contributed by atoms with E-state index in [1.807, 2.05) is 48.5 Å². The molecule has 0 spiro atoms. The fourth-order valence-electron chi connectivity index (χ4n) is 4.64. The third kappa shape index (κ3) is 6.77. The number of sulfonamides is 1. The van der Waals surface area contributed by atoms with Gasteiger partial charge in [-0.3, -0.25) is 4.79 Å². The molecule has 0 unspecified atom stereocenters. The van der Waals surface area contributed by atoms with Crippen molar-refractivity contribution in [1.82, 2.24) is 24.5 Å². The molecule has 0 fully saturated rings. The molecular formula is C32H31N5O6S. The lowest BCUT2D eigenvalue weighted by atomic mass is 10.1. The molecule has 0 N–H and O–H groups in total. The number of rotatable bonds is 13. The summed E-state index contributed by atoms with van der Waals surface area (Å²) >= 11 is 0. The zero-order valence-corrected chi connectivity index (χ0v) is 25.3. The summed E-state index contributed by atoms with van der Waals surface area (Å²) < 4.78 is 46.0. The second kappa shape index (κ2) is 13.5. The van der Waals surface area contributed by atoms with Gasteiger partial charge < -0.3 is 14.2 Å². The number of carbonyl (C=O) groups is 1. The lowest BCUT2D eigenvalue weighted by molar-refractivity contribution is 0.112. The molecule has 5 rings (SSSR count). The molecule has 0 radical (unpaired) electrons. The first-order chi connectivity index (χ1) is 21.3. The largest absolute Gasteiger partial charge is 0.497 e. The molecule has 12 heteroatoms. The highest BCUT2D eigenvalue weighted by Crippen LogP contribution is 2.32. The number of benzene rings is 4. The van der Waals surface area contributed by atoms with E-state index in [2.05, 4.69) is 15.4 Å². The van der Waals surface area contributed by atoms with Crippen molar-refractivity contribution in [3.05, 3.63) is 113 Å². The molecule has 0 aliphatic carbocycles. The van der Waals surface area contributed by atoms with Crippen molar-refractivity contribution in [2.75, 3.05) is 21.3 Å². The number of aldehydes is 1. The average molecular weight is 614 g/mol. The van der Waals surface area contributed by atoms with Gasteiger partial charge in [-0.2, -0.15) is 9.10 Å². The van der Waals surface area contributed by atoms with Gasteiger partial charge in [0.05, 0.1) is 38.3 Å². The topological polar surface area (TPSA) is 126 Å². The van der Waals surface area contributed by atoms with Crippen LogP contribution >= 0.6 is 0 Å². The molecule has 0 atom stereocenters. The molecule has 4 aromatic carbocycles. The molecule has 0 amide bonds. The van der Waals surface area contributed by atoms with E-state index in [9.17, 15) is 13.2 Å². The molecule has 5 aromatic rings. The predicted octanol–water partition coefficient (Wildman–Crippen LogP) is 4.62. The van der Waals surface area contributed by atoms with E-state index in [0.29, 0.717) is 23.5 Å². The summed E-state index contributed by atoms with van der Waals surface area (Å²) in [7, 11) is 0.508. The summed E-state index contributed by atoms with van der Waals surface area (Å²) in [5.41, 5.74) is 2.59. The monoisotopic (exact) mass is 613 g/mol. The standard InChI is InChI=1S/C32H31N5O6S/c1-41-27-13-7-23(8-14-27)19-36(20-24-9-15-28(42-2)16-10-24)44(39,40)30-6-4-5-26(22-38)31(30)32-33-35-37(34-32)21-25-11-17-29(43-3)18-12-25/h4-18,22H,19-21H2,1-3H3. The van der Waals surface area contributed by atoms with Gasteiger partial charge in [-0.15, -0.1) is 10.2 Å². The van der Waals surface area contributed by atoms with Gasteiger partial charge in [-0.1, -0.05) is 48.5 Å². The first-order valence-corrected chi connectivity index (χ1v) is 15.0. The molecule has 226 valence electrons. The summed E-state index contributed by atoms with van der Waals surface area (Å²) in [6.07, 6.45) is 0.593. The first kappa shape index (κ1) is 30.4. The Labute approximate surface area is 255 Å². The number of ether oxygens (including phenoxy) is 3. The molecule has 44 heavy (non-hydrogen) atoms. The molecule has 0 aliphatic rings. The Hall–Kier alpha value is -5.07. The van der Waals surface area contributed by atoms with Gasteiger partial charge in [0, 0.05) is 18.7 Å². The molecule has 1 aromatic heterocycles. The van der Waals surface area contributed by atoms with Crippen LogP contribution in [-0.4, -0.2) is 60.5 Å². The van der Waals surface area contributed by atoms with Gasteiger partial charge >= 0.3 is 0 Å². The Morgan fingerprint density at radius 3 is 1.70 bits per heavy atom. The maximum atomic E-state index is 14.5. The van der Waals surface area contributed by atoms with E-state index in [1.54, 1.807) is 45.6 Å². The lowest BCUT2D eigenvalue weighted by Gasteiger charge is -2.24. The molecule has 11 nitrogen and oxygen atoms in total. The van der Waals surface area contributed by atoms with Crippen LogP contribution in [0.4, 0.5) is 0 Å². The van der Waals surface area contributed by atoms with Crippen molar-refractivity contribution in [2.45, 2.75) is 24.5 Å². The second-order valence-corrected chi connectivity index (χ2v) is 11.7. The van der Waals surface area contributed by atoms with Crippen molar-refractivity contribution in [1.29, 1.82) is 0 Å². The number of nitrogens with zero attached hydrogens (tertiary/aromatic N) is 5. The van der Waals surface area contributed by atoms with Crippen molar-refractivity contribution < 1.29 is 27.4 Å². The van der Waals surface area contributed by atoms with Crippen LogP contribution in [0, 0.1) is 0 Å². The molecule has 1 heterocycles. The fraction of sp³-hybridized carbons (Fsp3) is 0.188. The van der Waals surface area contributed by atoms with Crippen LogP contribution in [0.25, 0.3) is 11.4 Å². The van der Waals surface area contributed by atoms with E-state index in [0.717, 1.165) is 16.7 Å². The minimum Gasteiger partial charge on any atom is -0.497 e. The summed E-state index contributed by atoms with van der Waals surface area (Å²) in [4.78, 5) is 13.4. The number of aromatic nitrogens is 4. The van der Waals surface area contributed by atoms with Gasteiger partial charge in [0.25, 0.3) is 0 Å². The number of methoxy groups -OCH3 is 3. The quantitative estimate of drug-likeness (QED) is 0.175. The highest BCUT2D eigenvalue weighted by atomic mass is 32.2. The maximum Gasteiger partial charge on any atom is 0.244 e. The summed E-state index contributed by atoms with van der Waals surface area (Å²) in [5.74, 6) is 2.05. The van der Waals surface area contributed by atoms with E-state index in [-0.39, 0.29) is 41.5 Å². The molecule has 0 aliphatic heterocycles. The van der Waals surface area contributed by atoms with Crippen LogP contribution in [0.5, 0.6) is 17.2 Å². The van der Waals surface area contributed by atoms with Crippen LogP contribution in [0.2, 0.25) is 0 Å². The Morgan fingerprint density at radius 2 is 1.23 bits per heavy atom. The van der Waals surface area contributed by atoms with E-state index >= 15 is 0 Å². The summed E-state index contributed by atoms with van der Waals surface area (Å²) in [6, 6.07) is 26.2. The lowest BCUT2D eigenvalue weighted by Crippen LogP contribution is -2.31. The minimum atomic E-state index is -4.22. The second-order valence-electron chi connectivity index (χ2n) is 9.80. The fourth-order valence-corrected chi connectivity index (χ4v) is 6.27. The molecular weight excluding hydrogens is 582 g/mol. The third-order valence-corrected chi connectivity index (χ3v) is 8.83. The van der Waals surface area contributed by atoms with Gasteiger partial charge in [-0.25, -0.2) is 8.42 Å². The van der Waals surface area contributed by atoms with E-state index < -0.39 is 10.0 Å². The third-order valence-electron chi connectivity index (χ3n) is 7.00. The summed E-state index contributed by atoms with van der Waals surface area (Å²) in [6.45, 7) is 0.394. The van der Waals surface area contributed by atoms with Crippen LogP contribution < -0.4 is 14.2 Å². The molecule has 0 saturated carbocycles. The van der Waals surface area contributed by atoms with Crippen LogP contribution in [-0.2, 0) is 29.7 Å². The number of hydrogen-bond acceptors (Lipinski definition) is 9. The van der Waals surface area contributed by atoms with Gasteiger partial charge in [0.2, 0.25) is 15.8 Å². The van der Waals surface area contributed by atoms with Gasteiger partial charge in [0.1, 0.15) is 17.2 Å². The molecule has 0 saturated heterocycles. The summed E-state index contributed by atoms with van der Waals surface area (Å²) in [5, 5.41) is 12.8. The highest BCUT2D eigenvalue weighted by Gasteiger charge is 2.31. The normalized spacial score (nSPS) is 11.4. The highest BCUT2D eigenvalue weighted by molar-refractivity contribution is 7.89. The molecule has 0 bridgehead atoms. The van der Waals surface area contributed by atoms with Crippen molar-refractivity contribution >= 4 is 16.3 Å². The number of hydrogen-bond donors (Lipinski definition) is 0. The van der Waals surface area contributed by atoms with Crippen LogP contribution in [0.15, 0.2) is 95.9 Å². The maximum absolute atomic E-state index is 14.5. The van der Waals surface area contributed by atoms with Gasteiger partial charge in [0.15, 0.2) is 6.29 Å². The van der Waals surface area contributed by atoms with Crippen LogP contribution in [0.1, 0.15) is 27.0 Å². The van der Waals surface area contributed by atoms with E-state index in [4.69, 9.17) is 14.2 Å². The Morgan fingerprint density at radius 1 is 0.727 bits per heavy atom. The number of tetrazole rings is 1. The Kier molecular flexibility index (Phi) is 9.32. The smallest absolute Gasteiger partial charge is 0.244 e. The van der Waals surface area contributed by atoms with Crippen molar-refractivity contribution in [3.8, 4) is 28.6 Å². The Balaban J connectivity index is 1.54. The SMILES string of the molecule is COc1ccc(CN(Cc2ccc(OC)cc2)S(=O)(=O)c2cccc(C=O)c2-c2nnn(Cc3ccc(OC)cc3)n2)cc1. The number of carbonyl (C=O) groups excluding carboxylic acids is 1. The Bertz CT molecular complexity index is 1770. The van der Waals surface area contributed by atoms with Crippen LogP contribution in [0.3, 0.4) is 0 Å². The average Bonchev–Trinajstić information content (AvgIpc) is 3.53.